The summed E-state index contributed by atoms with van der Waals surface area (Å²) in [7, 11) is 0. The number of pyridine rings is 1. The van der Waals surface area contributed by atoms with Gasteiger partial charge in [0.15, 0.2) is 0 Å². The molecule has 1 aromatic rings. The molecule has 2 aliphatic rings. The van der Waals surface area contributed by atoms with E-state index < -0.39 is 0 Å². The third-order valence-electron chi connectivity index (χ3n) is 5.99. The molecule has 30 heavy (non-hydrogen) atoms. The van der Waals surface area contributed by atoms with Crippen LogP contribution in [-0.2, 0) is 9.53 Å². The van der Waals surface area contributed by atoms with Crippen molar-refractivity contribution < 1.29 is 14.3 Å². The molecule has 0 bridgehead atoms. The predicted octanol–water partition coefficient (Wildman–Crippen LogP) is 1.23. The fourth-order valence-corrected chi connectivity index (χ4v) is 4.17. The number of rotatable bonds is 8. The Balaban J connectivity index is 1.56. The molecular weight excluding hydrogens is 382 g/mol. The lowest BCUT2D eigenvalue weighted by atomic mass is 9.96. The minimum Gasteiger partial charge on any atom is -0.379 e. The van der Waals surface area contributed by atoms with Crippen LogP contribution in [0, 0.1) is 5.92 Å². The highest BCUT2D eigenvalue weighted by atomic mass is 16.5. The Kier molecular flexibility index (Phi) is 8.45. The first-order valence-electron chi connectivity index (χ1n) is 11.2. The molecule has 1 N–H and O–H groups in total. The maximum absolute atomic E-state index is 12.8. The quantitative estimate of drug-likeness (QED) is 0.686. The Morgan fingerprint density at radius 1 is 1.23 bits per heavy atom. The summed E-state index contributed by atoms with van der Waals surface area (Å²) >= 11 is 0. The molecule has 0 radical (unpaired) electrons. The highest BCUT2D eigenvalue weighted by Crippen LogP contribution is 2.23. The molecule has 1 atom stereocenters. The van der Waals surface area contributed by atoms with E-state index in [0.717, 1.165) is 71.1 Å². The lowest BCUT2D eigenvalue weighted by Crippen LogP contribution is -2.45. The van der Waals surface area contributed by atoms with Crippen LogP contribution in [0.1, 0.15) is 37.0 Å². The van der Waals surface area contributed by atoms with E-state index in [0.29, 0.717) is 18.7 Å². The zero-order valence-electron chi connectivity index (χ0n) is 18.3. The molecule has 0 aliphatic carbocycles. The maximum Gasteiger partial charge on any atom is 0.251 e. The molecule has 0 aromatic carbocycles. The Bertz CT molecular complexity index is 704. The van der Waals surface area contributed by atoms with Crippen LogP contribution in [0.15, 0.2) is 18.3 Å². The largest absolute Gasteiger partial charge is 0.379 e. The molecule has 2 fully saturated rings. The Labute approximate surface area is 179 Å². The van der Waals surface area contributed by atoms with Crippen LogP contribution in [0.25, 0.3) is 0 Å². The van der Waals surface area contributed by atoms with Gasteiger partial charge < -0.3 is 19.9 Å². The van der Waals surface area contributed by atoms with Crippen LogP contribution in [0.5, 0.6) is 0 Å². The lowest BCUT2D eigenvalue weighted by molar-refractivity contribution is -0.135. The van der Waals surface area contributed by atoms with Gasteiger partial charge in [-0.3, -0.25) is 14.5 Å². The second kappa shape index (κ2) is 11.3. The topological polar surface area (TPSA) is 78.0 Å². The zero-order chi connectivity index (χ0) is 21.3. The van der Waals surface area contributed by atoms with Gasteiger partial charge >= 0.3 is 0 Å². The highest BCUT2D eigenvalue weighted by molar-refractivity contribution is 5.94. The van der Waals surface area contributed by atoms with Crippen molar-refractivity contribution in [3.63, 3.8) is 0 Å². The smallest absolute Gasteiger partial charge is 0.251 e. The molecule has 0 saturated carbocycles. The summed E-state index contributed by atoms with van der Waals surface area (Å²) < 4.78 is 5.35. The number of carbonyl (C=O) groups is 2. The van der Waals surface area contributed by atoms with Crippen molar-refractivity contribution in [1.82, 2.24) is 20.1 Å². The van der Waals surface area contributed by atoms with Crippen LogP contribution in [-0.4, -0.2) is 92.2 Å². The number of nitrogens with one attached hydrogen (secondary N) is 1. The molecule has 1 unspecified atom stereocenters. The zero-order valence-corrected chi connectivity index (χ0v) is 18.3. The predicted molar refractivity (Wildman–Crippen MR) is 117 cm³/mol. The fourth-order valence-electron chi connectivity index (χ4n) is 4.17. The van der Waals surface area contributed by atoms with Gasteiger partial charge in [-0.1, -0.05) is 0 Å². The van der Waals surface area contributed by atoms with Crippen LogP contribution >= 0.6 is 0 Å². The molecule has 166 valence electrons. The minimum absolute atomic E-state index is 0.00791. The third kappa shape index (κ3) is 5.92. The Hall–Kier alpha value is -2.19. The second-order valence-electron chi connectivity index (χ2n) is 7.91. The molecule has 2 amide bonds. The summed E-state index contributed by atoms with van der Waals surface area (Å²) in [6.07, 6.45) is 3.55. The molecule has 2 saturated heterocycles. The Morgan fingerprint density at radius 2 is 2.00 bits per heavy atom. The van der Waals surface area contributed by atoms with Gasteiger partial charge in [0, 0.05) is 64.1 Å². The minimum atomic E-state index is -0.0836. The van der Waals surface area contributed by atoms with Crippen LogP contribution in [0.2, 0.25) is 0 Å². The molecule has 3 heterocycles. The first kappa shape index (κ1) is 22.5. The summed E-state index contributed by atoms with van der Waals surface area (Å²) in [6.45, 7) is 11.8. The number of carbonyl (C=O) groups excluding carboxylic acids is 2. The van der Waals surface area contributed by atoms with E-state index in [2.05, 4.69) is 20.1 Å². The summed E-state index contributed by atoms with van der Waals surface area (Å²) in [5.41, 5.74) is 0.610. The van der Waals surface area contributed by atoms with Gasteiger partial charge in [-0.15, -0.1) is 0 Å². The van der Waals surface area contributed by atoms with E-state index in [1.807, 2.05) is 24.8 Å². The van der Waals surface area contributed by atoms with E-state index in [-0.39, 0.29) is 17.7 Å². The molecule has 1 aromatic heterocycles. The number of piperidine rings is 1. The maximum atomic E-state index is 12.8. The van der Waals surface area contributed by atoms with E-state index in [9.17, 15) is 9.59 Å². The van der Waals surface area contributed by atoms with Gasteiger partial charge in [0.2, 0.25) is 5.91 Å². The van der Waals surface area contributed by atoms with Crippen LogP contribution in [0.3, 0.4) is 0 Å². The molecule has 0 spiro atoms. The number of aromatic nitrogens is 1. The fraction of sp³-hybridized carbons (Fsp3) is 0.682. The summed E-state index contributed by atoms with van der Waals surface area (Å²) in [4.78, 5) is 36.2. The molecular formula is C22H35N5O3. The van der Waals surface area contributed by atoms with Crippen LogP contribution in [0.4, 0.5) is 5.82 Å². The van der Waals surface area contributed by atoms with Gasteiger partial charge in [0.1, 0.15) is 5.82 Å². The summed E-state index contributed by atoms with van der Waals surface area (Å²) in [5.74, 6) is 0.903. The van der Waals surface area contributed by atoms with Crippen molar-refractivity contribution in [2.45, 2.75) is 26.7 Å². The second-order valence-corrected chi connectivity index (χ2v) is 7.91. The van der Waals surface area contributed by atoms with Crippen molar-refractivity contribution >= 4 is 17.6 Å². The SMILES string of the molecule is CCN(CC)C(=O)C1CCCN(c2cc(C(=O)NCCN3CCOCC3)ccn2)C1. The highest BCUT2D eigenvalue weighted by Gasteiger charge is 2.29. The number of ether oxygens (including phenoxy) is 1. The van der Waals surface area contributed by atoms with E-state index in [1.54, 1.807) is 12.3 Å². The molecule has 8 heteroatoms. The number of morpholine rings is 1. The van der Waals surface area contributed by atoms with Crippen molar-refractivity contribution in [2.24, 2.45) is 5.92 Å². The number of anilines is 1. The average molecular weight is 418 g/mol. The Morgan fingerprint density at radius 3 is 2.73 bits per heavy atom. The number of hydrogen-bond donors (Lipinski definition) is 1. The first-order valence-corrected chi connectivity index (χ1v) is 11.2. The first-order chi connectivity index (χ1) is 14.6. The molecule has 8 nitrogen and oxygen atoms in total. The monoisotopic (exact) mass is 417 g/mol. The van der Waals surface area contributed by atoms with Gasteiger partial charge in [0.25, 0.3) is 5.91 Å². The van der Waals surface area contributed by atoms with E-state index in [1.165, 1.54) is 0 Å². The van der Waals surface area contributed by atoms with Gasteiger partial charge in [-0.05, 0) is 38.8 Å². The van der Waals surface area contributed by atoms with Crippen LogP contribution < -0.4 is 10.2 Å². The lowest BCUT2D eigenvalue weighted by Gasteiger charge is -2.35. The number of amides is 2. The average Bonchev–Trinajstić information content (AvgIpc) is 2.80. The van der Waals surface area contributed by atoms with Gasteiger partial charge in [0.05, 0.1) is 19.1 Å². The van der Waals surface area contributed by atoms with E-state index >= 15 is 0 Å². The standard InChI is InChI=1S/C22H35N5O3/c1-3-26(4-2)22(29)19-6-5-10-27(17-19)20-16-18(7-8-23-20)21(28)24-9-11-25-12-14-30-15-13-25/h7-8,16,19H,3-6,9-15,17H2,1-2H3,(H,24,28). The summed E-state index contributed by atoms with van der Waals surface area (Å²) in [6, 6.07) is 3.59. The van der Waals surface area contributed by atoms with E-state index in [4.69, 9.17) is 4.74 Å². The van der Waals surface area contributed by atoms with Crippen molar-refractivity contribution in [3.05, 3.63) is 23.9 Å². The van der Waals surface area contributed by atoms with Gasteiger partial charge in [-0.25, -0.2) is 4.98 Å². The van der Waals surface area contributed by atoms with Crippen molar-refractivity contribution in [2.75, 3.05) is 70.5 Å². The third-order valence-corrected chi connectivity index (χ3v) is 5.99. The van der Waals surface area contributed by atoms with Gasteiger partial charge in [-0.2, -0.15) is 0 Å². The normalized spacial score (nSPS) is 20.1. The molecule has 2 aliphatic heterocycles. The number of hydrogen-bond acceptors (Lipinski definition) is 6. The number of nitrogens with zero attached hydrogens (tertiary/aromatic N) is 4. The van der Waals surface area contributed by atoms with Crippen molar-refractivity contribution in [1.29, 1.82) is 0 Å². The summed E-state index contributed by atoms with van der Waals surface area (Å²) in [5, 5.41) is 3.01. The molecule has 3 rings (SSSR count). The van der Waals surface area contributed by atoms with Crippen molar-refractivity contribution in [3.8, 4) is 0 Å².